The van der Waals surface area contributed by atoms with E-state index in [1.165, 1.54) is 0 Å². The molecule has 0 spiro atoms. The van der Waals surface area contributed by atoms with Crippen LogP contribution < -0.4 is 0 Å². The quantitative estimate of drug-likeness (QED) is 0.840. The number of hydrogen-bond donors (Lipinski definition) is 1. The van der Waals surface area contributed by atoms with E-state index in [0.29, 0.717) is 18.9 Å². The lowest BCUT2D eigenvalue weighted by molar-refractivity contribution is -0.0334. The van der Waals surface area contributed by atoms with Crippen LogP contribution in [0.3, 0.4) is 0 Å². The summed E-state index contributed by atoms with van der Waals surface area (Å²) in [7, 11) is 0. The SMILES string of the molecule is CC1CN(C(=O)OC(C)(C)C)C(CCO)C(C)(C)C1. The van der Waals surface area contributed by atoms with Crippen molar-refractivity contribution < 1.29 is 14.6 Å². The van der Waals surface area contributed by atoms with E-state index >= 15 is 0 Å². The van der Waals surface area contributed by atoms with Gasteiger partial charge < -0.3 is 14.7 Å². The number of nitrogens with zero attached hydrogens (tertiary/aromatic N) is 1. The third-order valence-electron chi connectivity index (χ3n) is 3.69. The Balaban J connectivity index is 2.90. The molecule has 0 bridgehead atoms. The largest absolute Gasteiger partial charge is 0.444 e. The molecule has 1 amide bonds. The van der Waals surface area contributed by atoms with Crippen molar-refractivity contribution in [3.05, 3.63) is 0 Å². The fourth-order valence-corrected chi connectivity index (χ4v) is 3.17. The summed E-state index contributed by atoms with van der Waals surface area (Å²) in [6, 6.07) is 0.0450. The molecule has 1 heterocycles. The number of carbonyl (C=O) groups is 1. The number of rotatable bonds is 2. The first-order chi connectivity index (χ1) is 8.57. The number of amides is 1. The molecule has 0 aromatic carbocycles. The highest BCUT2D eigenvalue weighted by molar-refractivity contribution is 5.69. The summed E-state index contributed by atoms with van der Waals surface area (Å²) in [5.74, 6) is 0.456. The number of carbonyl (C=O) groups excluding carboxylic acids is 1. The summed E-state index contributed by atoms with van der Waals surface area (Å²) in [5.41, 5.74) is -0.469. The topological polar surface area (TPSA) is 49.8 Å². The van der Waals surface area contributed by atoms with Gasteiger partial charge in [0.1, 0.15) is 5.60 Å². The van der Waals surface area contributed by atoms with Gasteiger partial charge in [-0.1, -0.05) is 20.8 Å². The van der Waals surface area contributed by atoms with Crippen LogP contribution >= 0.6 is 0 Å². The Kier molecular flexibility index (Phi) is 4.88. The van der Waals surface area contributed by atoms with Crippen LogP contribution in [0.1, 0.15) is 54.4 Å². The number of ether oxygens (including phenoxy) is 1. The van der Waals surface area contributed by atoms with Gasteiger partial charge in [-0.25, -0.2) is 4.79 Å². The van der Waals surface area contributed by atoms with Crippen LogP contribution in [0.15, 0.2) is 0 Å². The van der Waals surface area contributed by atoms with Gasteiger partial charge in [0.25, 0.3) is 0 Å². The molecule has 2 unspecified atom stereocenters. The van der Waals surface area contributed by atoms with E-state index in [1.54, 1.807) is 0 Å². The number of aliphatic hydroxyl groups is 1. The van der Waals surface area contributed by atoms with Gasteiger partial charge in [0.05, 0.1) is 0 Å². The summed E-state index contributed by atoms with van der Waals surface area (Å²) in [4.78, 5) is 14.2. The zero-order valence-electron chi connectivity index (χ0n) is 13.2. The van der Waals surface area contributed by atoms with E-state index in [0.717, 1.165) is 6.42 Å². The lowest BCUT2D eigenvalue weighted by Gasteiger charge is -2.48. The second-order valence-corrected chi connectivity index (χ2v) is 7.46. The molecule has 4 nitrogen and oxygen atoms in total. The summed E-state index contributed by atoms with van der Waals surface area (Å²) in [6.07, 6.45) is 1.42. The predicted octanol–water partition coefficient (Wildman–Crippen LogP) is 3.04. The first-order valence-electron chi connectivity index (χ1n) is 7.17. The van der Waals surface area contributed by atoms with Crippen LogP contribution in [0.4, 0.5) is 4.79 Å². The third-order valence-corrected chi connectivity index (χ3v) is 3.69. The molecule has 1 saturated heterocycles. The molecule has 1 rings (SSSR count). The van der Waals surface area contributed by atoms with Crippen molar-refractivity contribution in [1.82, 2.24) is 4.90 Å². The van der Waals surface area contributed by atoms with E-state index in [4.69, 9.17) is 4.74 Å². The van der Waals surface area contributed by atoms with Gasteiger partial charge in [-0.2, -0.15) is 0 Å². The molecular weight excluding hydrogens is 242 g/mol. The van der Waals surface area contributed by atoms with E-state index in [2.05, 4.69) is 20.8 Å². The molecule has 2 atom stereocenters. The van der Waals surface area contributed by atoms with Crippen molar-refractivity contribution in [2.45, 2.75) is 66.0 Å². The molecule has 112 valence electrons. The minimum Gasteiger partial charge on any atom is -0.444 e. The Morgan fingerprint density at radius 2 is 2.00 bits per heavy atom. The molecule has 4 heteroatoms. The fraction of sp³-hybridized carbons (Fsp3) is 0.933. The Morgan fingerprint density at radius 1 is 1.42 bits per heavy atom. The number of aliphatic hydroxyl groups excluding tert-OH is 1. The molecule has 0 aromatic heterocycles. The molecule has 1 N–H and O–H groups in total. The van der Waals surface area contributed by atoms with Gasteiger partial charge in [0, 0.05) is 19.2 Å². The number of likely N-dealkylation sites (tertiary alicyclic amines) is 1. The Hall–Kier alpha value is -0.770. The first-order valence-corrected chi connectivity index (χ1v) is 7.17. The van der Waals surface area contributed by atoms with Gasteiger partial charge >= 0.3 is 6.09 Å². The summed E-state index contributed by atoms with van der Waals surface area (Å²) >= 11 is 0. The highest BCUT2D eigenvalue weighted by atomic mass is 16.6. The standard InChI is InChI=1S/C15H29NO3/c1-11-9-15(5,6)12(7-8-17)16(10-11)13(18)19-14(2,3)4/h11-12,17H,7-10H2,1-6H3. The monoisotopic (exact) mass is 271 g/mol. The van der Waals surface area contributed by atoms with Gasteiger partial charge in [-0.15, -0.1) is 0 Å². The number of piperidine rings is 1. The van der Waals surface area contributed by atoms with Crippen LogP contribution in [-0.2, 0) is 4.74 Å². The van der Waals surface area contributed by atoms with Crippen LogP contribution in [0.2, 0.25) is 0 Å². The highest BCUT2D eigenvalue weighted by Crippen LogP contribution is 2.39. The zero-order chi connectivity index (χ0) is 14.8. The molecule has 19 heavy (non-hydrogen) atoms. The van der Waals surface area contributed by atoms with Crippen molar-refractivity contribution in [3.63, 3.8) is 0 Å². The fourth-order valence-electron chi connectivity index (χ4n) is 3.17. The van der Waals surface area contributed by atoms with Crippen LogP contribution in [-0.4, -0.2) is 40.9 Å². The molecule has 0 radical (unpaired) electrons. The smallest absolute Gasteiger partial charge is 0.410 e. The summed E-state index contributed by atoms with van der Waals surface area (Å²) in [6.45, 7) is 12.9. The molecule has 1 fully saturated rings. The van der Waals surface area contributed by atoms with Gasteiger partial charge in [0.2, 0.25) is 0 Å². The summed E-state index contributed by atoms with van der Waals surface area (Å²) < 4.78 is 5.50. The van der Waals surface area contributed by atoms with Crippen LogP contribution in [0, 0.1) is 11.3 Å². The highest BCUT2D eigenvalue weighted by Gasteiger charge is 2.43. The van der Waals surface area contributed by atoms with Gasteiger partial charge in [0.15, 0.2) is 0 Å². The van der Waals surface area contributed by atoms with E-state index in [1.807, 2.05) is 25.7 Å². The zero-order valence-corrected chi connectivity index (χ0v) is 13.2. The average Bonchev–Trinajstić information content (AvgIpc) is 2.18. The maximum atomic E-state index is 12.4. The second kappa shape index (κ2) is 5.70. The van der Waals surface area contributed by atoms with Crippen molar-refractivity contribution in [2.75, 3.05) is 13.2 Å². The van der Waals surface area contributed by atoms with Crippen molar-refractivity contribution in [1.29, 1.82) is 0 Å². The minimum absolute atomic E-state index is 0.0112. The van der Waals surface area contributed by atoms with Crippen LogP contribution in [0.5, 0.6) is 0 Å². The molecule has 0 aliphatic carbocycles. The molecular formula is C15H29NO3. The van der Waals surface area contributed by atoms with Gasteiger partial charge in [-0.05, 0) is 44.9 Å². The van der Waals surface area contributed by atoms with Crippen molar-refractivity contribution in [2.24, 2.45) is 11.3 Å². The lowest BCUT2D eigenvalue weighted by Crippen LogP contribution is -2.56. The maximum absolute atomic E-state index is 12.4. The predicted molar refractivity (Wildman–Crippen MR) is 76.0 cm³/mol. The average molecular weight is 271 g/mol. The van der Waals surface area contributed by atoms with E-state index in [9.17, 15) is 9.90 Å². The maximum Gasteiger partial charge on any atom is 0.410 e. The van der Waals surface area contributed by atoms with Crippen molar-refractivity contribution in [3.8, 4) is 0 Å². The normalized spacial score (nSPS) is 27.2. The lowest BCUT2D eigenvalue weighted by atomic mass is 9.72. The van der Waals surface area contributed by atoms with Crippen molar-refractivity contribution >= 4 is 6.09 Å². The van der Waals surface area contributed by atoms with Gasteiger partial charge in [-0.3, -0.25) is 0 Å². The Morgan fingerprint density at radius 3 is 2.47 bits per heavy atom. The van der Waals surface area contributed by atoms with Crippen LogP contribution in [0.25, 0.3) is 0 Å². The minimum atomic E-state index is -0.480. The van der Waals surface area contributed by atoms with E-state index in [-0.39, 0.29) is 24.2 Å². The first kappa shape index (κ1) is 16.3. The summed E-state index contributed by atoms with van der Waals surface area (Å²) in [5, 5.41) is 9.27. The molecule has 0 aromatic rings. The third kappa shape index (κ3) is 4.37. The Bertz CT molecular complexity index is 320. The van der Waals surface area contributed by atoms with E-state index < -0.39 is 5.60 Å². The second-order valence-electron chi connectivity index (χ2n) is 7.46. The molecule has 0 saturated carbocycles. The Labute approximate surface area is 117 Å². The molecule has 1 aliphatic heterocycles. The number of hydrogen-bond acceptors (Lipinski definition) is 3. The molecule has 1 aliphatic rings.